The summed E-state index contributed by atoms with van der Waals surface area (Å²) >= 11 is 12.1. The van der Waals surface area contributed by atoms with Gasteiger partial charge >= 0.3 is 0 Å². The lowest BCUT2D eigenvalue weighted by molar-refractivity contribution is 0.102. The smallest absolute Gasteiger partial charge is 0.255 e. The van der Waals surface area contributed by atoms with Crippen molar-refractivity contribution in [1.82, 2.24) is 0 Å². The molecule has 0 unspecified atom stereocenters. The molecule has 1 amide bonds. The SMILES string of the molecule is COc1cc(OC)c(NC(=O)c2ccc(C)c(Cl)c2)cc1Cl. The maximum atomic E-state index is 12.3. The van der Waals surface area contributed by atoms with Crippen LogP contribution in [-0.2, 0) is 0 Å². The van der Waals surface area contributed by atoms with Crippen molar-refractivity contribution < 1.29 is 14.3 Å². The minimum atomic E-state index is -0.304. The van der Waals surface area contributed by atoms with E-state index in [1.807, 2.05) is 6.92 Å². The third kappa shape index (κ3) is 3.46. The lowest BCUT2D eigenvalue weighted by Gasteiger charge is -2.13. The second-order valence-corrected chi connectivity index (χ2v) is 5.42. The van der Waals surface area contributed by atoms with Gasteiger partial charge in [-0.1, -0.05) is 29.3 Å². The Labute approximate surface area is 138 Å². The van der Waals surface area contributed by atoms with Gasteiger partial charge in [-0.15, -0.1) is 0 Å². The molecule has 0 atom stereocenters. The highest BCUT2D eigenvalue weighted by Gasteiger charge is 2.14. The third-order valence-corrected chi connectivity index (χ3v) is 3.86. The fourth-order valence-corrected chi connectivity index (χ4v) is 2.31. The van der Waals surface area contributed by atoms with Crippen LogP contribution in [0.4, 0.5) is 5.69 Å². The summed E-state index contributed by atoms with van der Waals surface area (Å²) in [6, 6.07) is 8.29. The summed E-state index contributed by atoms with van der Waals surface area (Å²) in [6.45, 7) is 1.87. The largest absolute Gasteiger partial charge is 0.495 e. The topological polar surface area (TPSA) is 47.6 Å². The van der Waals surface area contributed by atoms with Crippen molar-refractivity contribution in [3.8, 4) is 11.5 Å². The lowest BCUT2D eigenvalue weighted by Crippen LogP contribution is -2.13. The van der Waals surface area contributed by atoms with E-state index in [0.29, 0.717) is 32.8 Å². The fourth-order valence-electron chi connectivity index (χ4n) is 1.89. The van der Waals surface area contributed by atoms with Crippen LogP contribution in [0.25, 0.3) is 0 Å². The van der Waals surface area contributed by atoms with E-state index in [9.17, 15) is 4.79 Å². The molecule has 2 aromatic carbocycles. The third-order valence-electron chi connectivity index (χ3n) is 3.16. The molecule has 6 heteroatoms. The van der Waals surface area contributed by atoms with Gasteiger partial charge in [0.2, 0.25) is 0 Å². The Morgan fingerprint density at radius 2 is 1.68 bits per heavy atom. The summed E-state index contributed by atoms with van der Waals surface area (Å²) in [7, 11) is 3.01. The predicted molar refractivity (Wildman–Crippen MR) is 88.7 cm³/mol. The van der Waals surface area contributed by atoms with E-state index in [4.69, 9.17) is 32.7 Å². The maximum absolute atomic E-state index is 12.3. The summed E-state index contributed by atoms with van der Waals surface area (Å²) in [5, 5.41) is 3.66. The van der Waals surface area contributed by atoms with Crippen LogP contribution >= 0.6 is 23.2 Å². The normalized spacial score (nSPS) is 10.2. The van der Waals surface area contributed by atoms with Gasteiger partial charge in [-0.3, -0.25) is 4.79 Å². The van der Waals surface area contributed by atoms with Crippen LogP contribution in [0.5, 0.6) is 11.5 Å². The number of rotatable bonds is 4. The number of methoxy groups -OCH3 is 2. The van der Waals surface area contributed by atoms with Crippen molar-refractivity contribution >= 4 is 34.8 Å². The molecule has 116 valence electrons. The van der Waals surface area contributed by atoms with Gasteiger partial charge in [0.1, 0.15) is 11.5 Å². The number of hydrogen-bond donors (Lipinski definition) is 1. The predicted octanol–water partition coefficient (Wildman–Crippen LogP) is 4.57. The zero-order chi connectivity index (χ0) is 16.3. The van der Waals surface area contributed by atoms with Gasteiger partial charge in [-0.25, -0.2) is 0 Å². The number of halogens is 2. The zero-order valence-electron chi connectivity index (χ0n) is 12.4. The van der Waals surface area contributed by atoms with Crippen LogP contribution in [0.3, 0.4) is 0 Å². The van der Waals surface area contributed by atoms with Crippen molar-refractivity contribution in [2.75, 3.05) is 19.5 Å². The number of hydrogen-bond acceptors (Lipinski definition) is 3. The van der Waals surface area contributed by atoms with Crippen molar-refractivity contribution in [2.24, 2.45) is 0 Å². The number of benzene rings is 2. The first-order chi connectivity index (χ1) is 10.5. The first kappa shape index (κ1) is 16.5. The molecule has 0 aliphatic rings. The molecule has 0 radical (unpaired) electrons. The minimum Gasteiger partial charge on any atom is -0.495 e. The minimum absolute atomic E-state index is 0.304. The number of ether oxygens (including phenoxy) is 2. The van der Waals surface area contributed by atoms with Crippen LogP contribution in [-0.4, -0.2) is 20.1 Å². The first-order valence-electron chi connectivity index (χ1n) is 6.45. The van der Waals surface area contributed by atoms with Crippen LogP contribution in [0.1, 0.15) is 15.9 Å². The molecule has 0 fully saturated rings. The van der Waals surface area contributed by atoms with Gasteiger partial charge < -0.3 is 14.8 Å². The van der Waals surface area contributed by atoms with E-state index in [1.165, 1.54) is 14.2 Å². The molecule has 0 heterocycles. The fraction of sp³-hybridized carbons (Fsp3) is 0.188. The molecular weight excluding hydrogens is 325 g/mol. The van der Waals surface area contributed by atoms with Gasteiger partial charge in [0.15, 0.2) is 0 Å². The molecule has 1 N–H and O–H groups in total. The molecule has 0 aliphatic heterocycles. The summed E-state index contributed by atoms with van der Waals surface area (Å²) in [6.07, 6.45) is 0. The van der Waals surface area contributed by atoms with Gasteiger partial charge in [-0.05, 0) is 30.7 Å². The van der Waals surface area contributed by atoms with Gasteiger partial charge in [0, 0.05) is 16.7 Å². The van der Waals surface area contributed by atoms with Crippen molar-refractivity contribution in [3.63, 3.8) is 0 Å². The average Bonchev–Trinajstić information content (AvgIpc) is 2.50. The van der Waals surface area contributed by atoms with Crippen LogP contribution in [0, 0.1) is 6.92 Å². The summed E-state index contributed by atoms with van der Waals surface area (Å²) in [4.78, 5) is 12.3. The molecule has 0 aromatic heterocycles. The second-order valence-electron chi connectivity index (χ2n) is 4.61. The van der Waals surface area contributed by atoms with Gasteiger partial charge in [0.05, 0.1) is 24.9 Å². The quantitative estimate of drug-likeness (QED) is 0.887. The lowest BCUT2D eigenvalue weighted by atomic mass is 10.1. The Morgan fingerprint density at radius 3 is 2.27 bits per heavy atom. The molecule has 0 aliphatic carbocycles. The van der Waals surface area contributed by atoms with E-state index in [-0.39, 0.29) is 5.91 Å². The molecule has 0 spiro atoms. The average molecular weight is 340 g/mol. The zero-order valence-corrected chi connectivity index (χ0v) is 13.9. The number of aryl methyl sites for hydroxylation is 1. The maximum Gasteiger partial charge on any atom is 0.255 e. The van der Waals surface area contributed by atoms with Crippen molar-refractivity contribution in [2.45, 2.75) is 6.92 Å². The number of carbonyl (C=O) groups excluding carboxylic acids is 1. The Morgan fingerprint density at radius 1 is 1.00 bits per heavy atom. The Bertz CT molecular complexity index is 717. The van der Waals surface area contributed by atoms with E-state index < -0.39 is 0 Å². The van der Waals surface area contributed by atoms with E-state index in [2.05, 4.69) is 5.32 Å². The Kier molecular flexibility index (Phi) is 5.16. The van der Waals surface area contributed by atoms with E-state index in [0.717, 1.165) is 5.56 Å². The summed E-state index contributed by atoms with van der Waals surface area (Å²) in [5.74, 6) is 0.615. The summed E-state index contributed by atoms with van der Waals surface area (Å²) in [5.41, 5.74) is 1.81. The molecule has 2 aromatic rings. The van der Waals surface area contributed by atoms with Gasteiger partial charge in [0.25, 0.3) is 5.91 Å². The standard InChI is InChI=1S/C16H15Cl2NO3/c1-9-4-5-10(6-11(9)17)16(20)19-13-7-12(18)14(21-2)8-15(13)22-3/h4-8H,1-3H3,(H,19,20). The van der Waals surface area contributed by atoms with E-state index >= 15 is 0 Å². The van der Waals surface area contributed by atoms with Crippen LogP contribution in [0.15, 0.2) is 30.3 Å². The number of carbonyl (C=O) groups is 1. The number of amides is 1. The Hall–Kier alpha value is -1.91. The highest BCUT2D eigenvalue weighted by molar-refractivity contribution is 6.32. The number of nitrogens with one attached hydrogen (secondary N) is 1. The molecule has 0 bridgehead atoms. The van der Waals surface area contributed by atoms with E-state index in [1.54, 1.807) is 30.3 Å². The molecule has 22 heavy (non-hydrogen) atoms. The van der Waals surface area contributed by atoms with Crippen LogP contribution < -0.4 is 14.8 Å². The monoisotopic (exact) mass is 339 g/mol. The van der Waals surface area contributed by atoms with Gasteiger partial charge in [-0.2, -0.15) is 0 Å². The molecule has 0 saturated heterocycles. The Balaban J connectivity index is 2.31. The van der Waals surface area contributed by atoms with Crippen molar-refractivity contribution in [3.05, 3.63) is 51.5 Å². The molecule has 2 rings (SSSR count). The molecule has 4 nitrogen and oxygen atoms in total. The highest BCUT2D eigenvalue weighted by atomic mass is 35.5. The highest BCUT2D eigenvalue weighted by Crippen LogP contribution is 2.36. The molecular formula is C16H15Cl2NO3. The summed E-state index contributed by atoms with van der Waals surface area (Å²) < 4.78 is 10.4. The number of anilines is 1. The first-order valence-corrected chi connectivity index (χ1v) is 7.21. The van der Waals surface area contributed by atoms with Crippen molar-refractivity contribution in [1.29, 1.82) is 0 Å². The van der Waals surface area contributed by atoms with Crippen LogP contribution in [0.2, 0.25) is 10.0 Å². The molecule has 0 saturated carbocycles. The second kappa shape index (κ2) is 6.90.